The molecule has 1 aliphatic rings. The maximum absolute atomic E-state index is 12.5. The highest BCUT2D eigenvalue weighted by molar-refractivity contribution is 7.87. The Kier molecular flexibility index (Phi) is 6.01. The van der Waals surface area contributed by atoms with Crippen molar-refractivity contribution in [3.8, 4) is 0 Å². The zero-order chi connectivity index (χ0) is 21.3. The Balaban J connectivity index is 1.69. The number of hydrogen-bond acceptors (Lipinski definition) is 6. The van der Waals surface area contributed by atoms with Crippen LogP contribution in [0.15, 0.2) is 70.5 Å². The molecular weight excluding hydrogens is 412 g/mol. The lowest BCUT2D eigenvalue weighted by Gasteiger charge is -2.42. The first-order valence-electron chi connectivity index (χ1n) is 9.10. The molecule has 1 fully saturated rings. The van der Waals surface area contributed by atoms with Crippen LogP contribution in [0.5, 0.6) is 0 Å². The van der Waals surface area contributed by atoms with Crippen LogP contribution in [0, 0.1) is 19.3 Å². The van der Waals surface area contributed by atoms with Gasteiger partial charge in [0.05, 0.1) is 23.0 Å². The van der Waals surface area contributed by atoms with Crippen LogP contribution in [-0.4, -0.2) is 30.0 Å². The number of allylic oxidation sites excluding steroid dienone is 1. The molecule has 3 rings (SSSR count). The third kappa shape index (κ3) is 5.14. The number of aryl methyl sites for hydroxylation is 2. The molecule has 0 saturated heterocycles. The molecule has 0 spiro atoms. The topological polar surface area (TPSA) is 86.7 Å². The lowest BCUT2D eigenvalue weighted by atomic mass is 9.67. The molecule has 1 saturated carbocycles. The highest BCUT2D eigenvalue weighted by Crippen LogP contribution is 2.45. The van der Waals surface area contributed by atoms with E-state index in [1.54, 1.807) is 24.3 Å². The first-order valence-corrected chi connectivity index (χ1v) is 11.9. The van der Waals surface area contributed by atoms with Crippen LogP contribution in [-0.2, 0) is 28.6 Å². The zero-order valence-corrected chi connectivity index (χ0v) is 18.1. The molecular formula is C21H24O6S2. The quantitative estimate of drug-likeness (QED) is 0.463. The van der Waals surface area contributed by atoms with Gasteiger partial charge in [-0.05, 0) is 51.0 Å². The Hall–Kier alpha value is -2.00. The van der Waals surface area contributed by atoms with Gasteiger partial charge in [0, 0.05) is 5.41 Å². The van der Waals surface area contributed by atoms with Gasteiger partial charge >= 0.3 is 0 Å². The molecule has 0 amide bonds. The van der Waals surface area contributed by atoms with Crippen molar-refractivity contribution in [1.82, 2.24) is 0 Å². The van der Waals surface area contributed by atoms with Crippen LogP contribution in [0.2, 0.25) is 0 Å². The molecule has 29 heavy (non-hydrogen) atoms. The van der Waals surface area contributed by atoms with Crippen molar-refractivity contribution in [2.24, 2.45) is 5.41 Å². The van der Waals surface area contributed by atoms with Gasteiger partial charge < -0.3 is 0 Å². The van der Waals surface area contributed by atoms with E-state index in [4.69, 9.17) is 8.37 Å². The SMILES string of the molecule is C=C1CC(COS(=O)(=O)c2ccc(C)cc2)(COS(=O)(=O)c2ccc(C)cc2)C1. The molecule has 1 aliphatic carbocycles. The summed E-state index contributed by atoms with van der Waals surface area (Å²) in [6, 6.07) is 12.7. The van der Waals surface area contributed by atoms with Gasteiger partial charge in [-0.25, -0.2) is 0 Å². The average molecular weight is 437 g/mol. The molecule has 8 heteroatoms. The van der Waals surface area contributed by atoms with Crippen molar-refractivity contribution in [1.29, 1.82) is 0 Å². The third-order valence-electron chi connectivity index (χ3n) is 4.91. The van der Waals surface area contributed by atoms with E-state index in [-0.39, 0.29) is 23.0 Å². The fourth-order valence-electron chi connectivity index (χ4n) is 3.21. The molecule has 0 aromatic heterocycles. The molecule has 156 valence electrons. The van der Waals surface area contributed by atoms with Gasteiger partial charge in [-0.2, -0.15) is 16.8 Å². The Morgan fingerprint density at radius 2 is 1.10 bits per heavy atom. The molecule has 0 N–H and O–H groups in total. The van der Waals surface area contributed by atoms with E-state index in [1.807, 2.05) is 13.8 Å². The van der Waals surface area contributed by atoms with Crippen LogP contribution in [0.1, 0.15) is 24.0 Å². The summed E-state index contributed by atoms with van der Waals surface area (Å²) in [6.07, 6.45) is 0.889. The second-order valence-corrected chi connectivity index (χ2v) is 10.9. The lowest BCUT2D eigenvalue weighted by Crippen LogP contribution is -2.41. The molecule has 2 aromatic rings. The summed E-state index contributed by atoms with van der Waals surface area (Å²) < 4.78 is 60.4. The Morgan fingerprint density at radius 3 is 1.41 bits per heavy atom. The van der Waals surface area contributed by atoms with Crippen molar-refractivity contribution in [3.05, 3.63) is 71.8 Å². The molecule has 0 unspecified atom stereocenters. The minimum Gasteiger partial charge on any atom is -0.266 e. The molecule has 0 atom stereocenters. The summed E-state index contributed by atoms with van der Waals surface area (Å²) >= 11 is 0. The minimum atomic E-state index is -3.95. The molecule has 6 nitrogen and oxygen atoms in total. The van der Waals surface area contributed by atoms with E-state index in [1.165, 1.54) is 24.3 Å². The summed E-state index contributed by atoms with van der Waals surface area (Å²) in [5.74, 6) is 0. The fraction of sp³-hybridized carbons (Fsp3) is 0.333. The van der Waals surface area contributed by atoms with Gasteiger partial charge in [0.1, 0.15) is 0 Å². The second kappa shape index (κ2) is 8.02. The number of rotatable bonds is 8. The molecule has 0 heterocycles. The average Bonchev–Trinajstić information content (AvgIpc) is 2.64. The maximum Gasteiger partial charge on any atom is 0.296 e. The summed E-state index contributed by atoms with van der Waals surface area (Å²) in [5, 5.41) is 0. The normalized spacial score (nSPS) is 16.4. The Labute approximate surface area is 172 Å². The van der Waals surface area contributed by atoms with Gasteiger partial charge in [0.2, 0.25) is 0 Å². The van der Waals surface area contributed by atoms with E-state index in [2.05, 4.69) is 6.58 Å². The predicted octanol–water partition coefficient (Wildman–Crippen LogP) is 3.75. The van der Waals surface area contributed by atoms with Crippen LogP contribution < -0.4 is 0 Å². The highest BCUT2D eigenvalue weighted by atomic mass is 32.2. The van der Waals surface area contributed by atoms with Gasteiger partial charge in [-0.3, -0.25) is 8.37 Å². The summed E-state index contributed by atoms with van der Waals surface area (Å²) in [5.41, 5.74) is 2.03. The second-order valence-electron chi connectivity index (χ2n) is 7.66. The zero-order valence-electron chi connectivity index (χ0n) is 16.4. The van der Waals surface area contributed by atoms with Crippen molar-refractivity contribution >= 4 is 20.2 Å². The standard InChI is InChI=1S/C21H24O6S2/c1-16-4-8-19(9-5-16)28(22,23)26-14-21(12-18(3)13-21)15-27-29(24,25)20-10-6-17(2)7-11-20/h4-11H,3,12-15H2,1-2H3. The number of hydrogen-bond donors (Lipinski definition) is 0. The largest absolute Gasteiger partial charge is 0.296 e. The maximum atomic E-state index is 12.5. The van der Waals surface area contributed by atoms with Crippen molar-refractivity contribution in [3.63, 3.8) is 0 Å². The Morgan fingerprint density at radius 1 is 0.759 bits per heavy atom. The van der Waals surface area contributed by atoms with E-state index >= 15 is 0 Å². The van der Waals surface area contributed by atoms with Crippen LogP contribution in [0.25, 0.3) is 0 Å². The molecule has 0 radical (unpaired) electrons. The van der Waals surface area contributed by atoms with E-state index in [0.29, 0.717) is 12.8 Å². The number of benzene rings is 2. The van der Waals surface area contributed by atoms with Crippen molar-refractivity contribution < 1.29 is 25.2 Å². The van der Waals surface area contributed by atoms with Crippen LogP contribution in [0.3, 0.4) is 0 Å². The Bertz CT molecular complexity index is 1010. The highest BCUT2D eigenvalue weighted by Gasteiger charge is 2.43. The fourth-order valence-corrected chi connectivity index (χ4v) is 5.23. The summed E-state index contributed by atoms with van der Waals surface area (Å²) in [7, 11) is -7.90. The third-order valence-corrected chi connectivity index (χ3v) is 7.47. The first kappa shape index (κ1) is 21.7. The molecule has 2 aromatic carbocycles. The smallest absolute Gasteiger partial charge is 0.266 e. The van der Waals surface area contributed by atoms with Gasteiger partial charge in [0.15, 0.2) is 0 Å². The minimum absolute atomic E-state index is 0.0598. The van der Waals surface area contributed by atoms with E-state index < -0.39 is 25.7 Å². The van der Waals surface area contributed by atoms with Crippen molar-refractivity contribution in [2.75, 3.05) is 13.2 Å². The van der Waals surface area contributed by atoms with Gasteiger partial charge in [-0.1, -0.05) is 47.5 Å². The predicted molar refractivity (Wildman–Crippen MR) is 109 cm³/mol. The van der Waals surface area contributed by atoms with Gasteiger partial charge in [0.25, 0.3) is 20.2 Å². The monoisotopic (exact) mass is 436 g/mol. The summed E-state index contributed by atoms with van der Waals surface area (Å²) in [6.45, 7) is 7.24. The first-order chi connectivity index (χ1) is 13.5. The molecule has 0 bridgehead atoms. The van der Waals surface area contributed by atoms with E-state index in [9.17, 15) is 16.8 Å². The molecule has 0 aliphatic heterocycles. The van der Waals surface area contributed by atoms with Gasteiger partial charge in [-0.15, -0.1) is 0 Å². The van der Waals surface area contributed by atoms with Crippen molar-refractivity contribution in [2.45, 2.75) is 36.5 Å². The lowest BCUT2D eigenvalue weighted by molar-refractivity contribution is 0.0500. The van der Waals surface area contributed by atoms with E-state index in [0.717, 1.165) is 16.7 Å². The summed E-state index contributed by atoms with van der Waals surface area (Å²) in [4.78, 5) is 0.120. The van der Waals surface area contributed by atoms with Crippen LogP contribution >= 0.6 is 0 Å². The van der Waals surface area contributed by atoms with Crippen LogP contribution in [0.4, 0.5) is 0 Å².